The number of rotatable bonds is 3. The van der Waals surface area contributed by atoms with Gasteiger partial charge in [-0.05, 0) is 24.1 Å². The van der Waals surface area contributed by atoms with Gasteiger partial charge in [-0.2, -0.15) is 0 Å². The molecule has 0 aromatic heterocycles. The van der Waals surface area contributed by atoms with Gasteiger partial charge in [-0.15, -0.1) is 12.4 Å². The number of amides is 1. The zero-order valence-electron chi connectivity index (χ0n) is 7.44. The van der Waals surface area contributed by atoms with Crippen LogP contribution < -0.4 is 11.5 Å². The largest absolute Gasteiger partial charge is 0.368 e. The molecule has 0 aliphatic heterocycles. The number of benzene rings is 1. The fourth-order valence-electron chi connectivity index (χ4n) is 0.975. The molecule has 1 aromatic carbocycles. The van der Waals surface area contributed by atoms with E-state index in [0.29, 0.717) is 6.42 Å². The molecule has 4 N–H and O–H groups in total. The van der Waals surface area contributed by atoms with Gasteiger partial charge in [0.1, 0.15) is 0 Å². The molecule has 0 saturated carbocycles. The van der Waals surface area contributed by atoms with Crippen LogP contribution in [-0.4, -0.2) is 11.9 Å². The highest BCUT2D eigenvalue weighted by Crippen LogP contribution is 2.11. The highest BCUT2D eigenvalue weighted by atomic mass is 79.9. The lowest BCUT2D eigenvalue weighted by Crippen LogP contribution is -2.38. The number of halogens is 2. The lowest BCUT2D eigenvalue weighted by atomic mass is 10.1. The summed E-state index contributed by atoms with van der Waals surface area (Å²) in [6.07, 6.45) is 0.489. The van der Waals surface area contributed by atoms with Gasteiger partial charge in [0.2, 0.25) is 5.91 Å². The van der Waals surface area contributed by atoms with Crippen LogP contribution in [0.2, 0.25) is 0 Å². The molecule has 3 nitrogen and oxygen atoms in total. The summed E-state index contributed by atoms with van der Waals surface area (Å²) in [5, 5.41) is 0. The van der Waals surface area contributed by atoms with E-state index in [1.54, 1.807) is 0 Å². The summed E-state index contributed by atoms with van der Waals surface area (Å²) in [7, 11) is 0. The van der Waals surface area contributed by atoms with Gasteiger partial charge in [0.15, 0.2) is 0 Å². The number of primary amides is 1. The molecule has 1 rings (SSSR count). The van der Waals surface area contributed by atoms with Crippen molar-refractivity contribution in [3.8, 4) is 0 Å². The minimum atomic E-state index is -0.596. The Morgan fingerprint density at radius 1 is 1.36 bits per heavy atom. The molecule has 1 aromatic rings. The van der Waals surface area contributed by atoms with E-state index in [1.165, 1.54) is 0 Å². The second-order valence-electron chi connectivity index (χ2n) is 2.84. The Hall–Kier alpha value is -0.580. The van der Waals surface area contributed by atoms with Gasteiger partial charge in [-0.1, -0.05) is 28.1 Å². The molecule has 0 aliphatic carbocycles. The molecule has 1 atom stereocenters. The van der Waals surface area contributed by atoms with E-state index in [1.807, 2.05) is 24.3 Å². The molecule has 0 heterocycles. The summed E-state index contributed by atoms with van der Waals surface area (Å²) in [5.74, 6) is -0.470. The smallest absolute Gasteiger partial charge is 0.234 e. The Kier molecular flexibility index (Phi) is 5.76. The van der Waals surface area contributed by atoms with Crippen LogP contribution in [0.5, 0.6) is 0 Å². The van der Waals surface area contributed by atoms with Crippen molar-refractivity contribution in [2.45, 2.75) is 12.5 Å². The van der Waals surface area contributed by atoms with Crippen LogP contribution in [0.15, 0.2) is 28.7 Å². The molecule has 0 spiro atoms. The maximum atomic E-state index is 10.7. The normalized spacial score (nSPS) is 11.6. The summed E-state index contributed by atoms with van der Waals surface area (Å²) < 4.78 is 1.00. The Labute approximate surface area is 97.4 Å². The minimum absolute atomic E-state index is 0. The van der Waals surface area contributed by atoms with E-state index in [9.17, 15) is 4.79 Å². The fourth-order valence-corrected chi connectivity index (χ4v) is 1.24. The highest BCUT2D eigenvalue weighted by Gasteiger charge is 2.09. The Bertz CT molecular complexity index is 302. The first-order valence-electron chi connectivity index (χ1n) is 3.89. The minimum Gasteiger partial charge on any atom is -0.368 e. The standard InChI is InChI=1S/C9H11BrN2O.ClH/c10-7-3-1-6(2-4-7)5-8(11)9(12)13;/h1-4,8H,5,11H2,(H2,12,13);1H/t8-;/m0./s1. The van der Waals surface area contributed by atoms with Crippen molar-refractivity contribution >= 4 is 34.2 Å². The van der Waals surface area contributed by atoms with Crippen LogP contribution in [0, 0.1) is 0 Å². The summed E-state index contributed by atoms with van der Waals surface area (Å²) in [6.45, 7) is 0. The van der Waals surface area contributed by atoms with Crippen LogP contribution in [-0.2, 0) is 11.2 Å². The van der Waals surface area contributed by atoms with Crippen molar-refractivity contribution in [3.05, 3.63) is 34.3 Å². The molecule has 0 fully saturated rings. The first-order chi connectivity index (χ1) is 6.09. The van der Waals surface area contributed by atoms with Gasteiger partial charge in [0.05, 0.1) is 6.04 Å². The summed E-state index contributed by atoms with van der Waals surface area (Å²) >= 11 is 3.32. The van der Waals surface area contributed by atoms with Gasteiger partial charge < -0.3 is 11.5 Å². The molecule has 78 valence electrons. The molecule has 0 bridgehead atoms. The van der Waals surface area contributed by atoms with E-state index >= 15 is 0 Å². The predicted octanol–water partition coefficient (Wildman–Crippen LogP) is 1.23. The maximum Gasteiger partial charge on any atom is 0.234 e. The second-order valence-corrected chi connectivity index (χ2v) is 3.76. The van der Waals surface area contributed by atoms with E-state index < -0.39 is 11.9 Å². The van der Waals surface area contributed by atoms with Gasteiger partial charge in [0, 0.05) is 4.47 Å². The SMILES string of the molecule is Cl.NC(=O)[C@@H](N)Cc1ccc(Br)cc1. The number of hydrogen-bond acceptors (Lipinski definition) is 2. The van der Waals surface area contributed by atoms with Crippen LogP contribution >= 0.6 is 28.3 Å². The van der Waals surface area contributed by atoms with Gasteiger partial charge >= 0.3 is 0 Å². The van der Waals surface area contributed by atoms with E-state index in [-0.39, 0.29) is 12.4 Å². The summed E-state index contributed by atoms with van der Waals surface area (Å²) in [5.41, 5.74) is 11.5. The zero-order valence-corrected chi connectivity index (χ0v) is 9.85. The molecule has 0 radical (unpaired) electrons. The summed E-state index contributed by atoms with van der Waals surface area (Å²) in [4.78, 5) is 10.7. The van der Waals surface area contributed by atoms with Crippen molar-refractivity contribution in [1.29, 1.82) is 0 Å². The molecule has 5 heteroatoms. The monoisotopic (exact) mass is 278 g/mol. The van der Waals surface area contributed by atoms with E-state index in [2.05, 4.69) is 15.9 Å². The lowest BCUT2D eigenvalue weighted by molar-refractivity contribution is -0.119. The van der Waals surface area contributed by atoms with Crippen molar-refractivity contribution < 1.29 is 4.79 Å². The van der Waals surface area contributed by atoms with Crippen LogP contribution in [0.3, 0.4) is 0 Å². The van der Waals surface area contributed by atoms with Crippen molar-refractivity contribution in [2.24, 2.45) is 11.5 Å². The topological polar surface area (TPSA) is 69.1 Å². The fraction of sp³-hybridized carbons (Fsp3) is 0.222. The first kappa shape index (κ1) is 13.4. The first-order valence-corrected chi connectivity index (χ1v) is 4.68. The summed E-state index contributed by atoms with van der Waals surface area (Å²) in [6, 6.07) is 7.03. The third-order valence-corrected chi connectivity index (χ3v) is 2.26. The molecule has 14 heavy (non-hydrogen) atoms. The van der Waals surface area contributed by atoms with Gasteiger partial charge in [-0.25, -0.2) is 0 Å². The second kappa shape index (κ2) is 6.01. The molecular weight excluding hydrogens is 267 g/mol. The van der Waals surface area contributed by atoms with Crippen LogP contribution in [0.1, 0.15) is 5.56 Å². The van der Waals surface area contributed by atoms with Gasteiger partial charge in [-0.3, -0.25) is 4.79 Å². The van der Waals surface area contributed by atoms with Crippen molar-refractivity contribution in [1.82, 2.24) is 0 Å². The van der Waals surface area contributed by atoms with E-state index in [0.717, 1.165) is 10.0 Å². The number of carbonyl (C=O) groups excluding carboxylic acids is 1. The maximum absolute atomic E-state index is 10.7. The third kappa shape index (κ3) is 4.09. The zero-order chi connectivity index (χ0) is 9.84. The lowest BCUT2D eigenvalue weighted by Gasteiger charge is -2.06. The van der Waals surface area contributed by atoms with E-state index in [4.69, 9.17) is 11.5 Å². The molecule has 1 amide bonds. The Morgan fingerprint density at radius 2 is 1.86 bits per heavy atom. The molecule has 0 aliphatic rings. The highest BCUT2D eigenvalue weighted by molar-refractivity contribution is 9.10. The van der Waals surface area contributed by atoms with Crippen molar-refractivity contribution in [2.75, 3.05) is 0 Å². The molecule has 0 saturated heterocycles. The third-order valence-electron chi connectivity index (χ3n) is 1.73. The quantitative estimate of drug-likeness (QED) is 0.873. The predicted molar refractivity (Wildman–Crippen MR) is 62.3 cm³/mol. The average Bonchev–Trinajstić information content (AvgIpc) is 2.08. The molecular formula is C9H12BrClN2O. The Balaban J connectivity index is 0.00000169. The van der Waals surface area contributed by atoms with Crippen molar-refractivity contribution in [3.63, 3.8) is 0 Å². The van der Waals surface area contributed by atoms with Crippen LogP contribution in [0.25, 0.3) is 0 Å². The number of carbonyl (C=O) groups is 1. The van der Waals surface area contributed by atoms with Gasteiger partial charge in [0.25, 0.3) is 0 Å². The Morgan fingerprint density at radius 3 is 2.29 bits per heavy atom. The molecule has 0 unspecified atom stereocenters. The van der Waals surface area contributed by atoms with Crippen LogP contribution in [0.4, 0.5) is 0 Å². The number of hydrogen-bond donors (Lipinski definition) is 2. The number of nitrogens with two attached hydrogens (primary N) is 2. The average molecular weight is 280 g/mol.